The summed E-state index contributed by atoms with van der Waals surface area (Å²) in [5.41, 5.74) is 2.46. The Labute approximate surface area is 105 Å². The Balaban J connectivity index is 1.84. The number of rotatable bonds is 2. The summed E-state index contributed by atoms with van der Waals surface area (Å²) in [6, 6.07) is 8.24. The fourth-order valence-electron chi connectivity index (χ4n) is 2.03. The predicted octanol–water partition coefficient (Wildman–Crippen LogP) is 3.94. The van der Waals surface area contributed by atoms with Crippen molar-refractivity contribution in [1.29, 1.82) is 0 Å². The number of nitrogens with zero attached hydrogens (tertiary/aromatic N) is 1. The van der Waals surface area contributed by atoms with E-state index in [2.05, 4.69) is 36.3 Å². The minimum Gasteiger partial charge on any atom is -0.483 e. The van der Waals surface area contributed by atoms with Gasteiger partial charge < -0.3 is 4.74 Å². The Kier molecular flexibility index (Phi) is 2.63. The molecule has 0 saturated heterocycles. The SMILES string of the molecule is CC(C)c1csc(C2Cc3ccccc3O2)n1. The lowest BCUT2D eigenvalue weighted by molar-refractivity contribution is 0.238. The molecule has 2 nitrogen and oxygen atoms in total. The molecule has 1 aliphatic heterocycles. The van der Waals surface area contributed by atoms with E-state index in [1.165, 1.54) is 11.3 Å². The van der Waals surface area contributed by atoms with Crippen LogP contribution >= 0.6 is 11.3 Å². The maximum Gasteiger partial charge on any atom is 0.154 e. The number of benzene rings is 1. The summed E-state index contributed by atoms with van der Waals surface area (Å²) in [5.74, 6) is 1.50. The van der Waals surface area contributed by atoms with Crippen LogP contribution in [0.25, 0.3) is 0 Å². The van der Waals surface area contributed by atoms with E-state index in [1.54, 1.807) is 11.3 Å². The molecule has 1 aromatic carbocycles. The Morgan fingerprint density at radius 2 is 2.18 bits per heavy atom. The second kappa shape index (κ2) is 4.15. The predicted molar refractivity (Wildman–Crippen MR) is 69.7 cm³/mol. The zero-order valence-corrected chi connectivity index (χ0v) is 10.8. The Morgan fingerprint density at radius 1 is 1.35 bits per heavy atom. The van der Waals surface area contributed by atoms with Crippen molar-refractivity contribution in [2.75, 3.05) is 0 Å². The third kappa shape index (κ3) is 1.95. The van der Waals surface area contributed by atoms with Gasteiger partial charge in [0.25, 0.3) is 0 Å². The summed E-state index contributed by atoms with van der Waals surface area (Å²) >= 11 is 1.71. The minimum absolute atomic E-state index is 0.116. The van der Waals surface area contributed by atoms with Crippen LogP contribution in [0.5, 0.6) is 5.75 Å². The maximum atomic E-state index is 5.93. The average Bonchev–Trinajstić information content (AvgIpc) is 2.95. The molecule has 2 heterocycles. The van der Waals surface area contributed by atoms with Gasteiger partial charge in [0.1, 0.15) is 10.8 Å². The molecule has 88 valence electrons. The molecule has 1 aliphatic rings. The quantitative estimate of drug-likeness (QED) is 0.799. The molecule has 1 atom stereocenters. The number of thiazole rings is 1. The van der Waals surface area contributed by atoms with E-state index in [0.29, 0.717) is 5.92 Å². The zero-order valence-electron chi connectivity index (χ0n) is 10.0. The average molecular weight is 245 g/mol. The van der Waals surface area contributed by atoms with Crippen molar-refractivity contribution in [2.45, 2.75) is 32.3 Å². The van der Waals surface area contributed by atoms with Crippen LogP contribution in [0.1, 0.15) is 42.1 Å². The minimum atomic E-state index is 0.116. The monoisotopic (exact) mass is 245 g/mol. The molecule has 0 N–H and O–H groups in total. The van der Waals surface area contributed by atoms with Gasteiger partial charge in [-0.1, -0.05) is 32.0 Å². The fraction of sp³-hybridized carbons (Fsp3) is 0.357. The largest absolute Gasteiger partial charge is 0.483 e. The van der Waals surface area contributed by atoms with E-state index in [0.717, 1.165) is 17.2 Å². The molecular formula is C14H15NOS. The van der Waals surface area contributed by atoms with Crippen LogP contribution in [0.2, 0.25) is 0 Å². The lowest BCUT2D eigenvalue weighted by Crippen LogP contribution is -2.03. The van der Waals surface area contributed by atoms with Crippen molar-refractivity contribution < 1.29 is 4.74 Å². The first-order valence-corrected chi connectivity index (χ1v) is 6.82. The number of para-hydroxylation sites is 1. The van der Waals surface area contributed by atoms with Gasteiger partial charge in [-0.05, 0) is 17.5 Å². The zero-order chi connectivity index (χ0) is 11.8. The third-order valence-corrected chi connectivity index (χ3v) is 4.01. The van der Waals surface area contributed by atoms with Gasteiger partial charge in [-0.25, -0.2) is 4.98 Å². The molecule has 1 aromatic heterocycles. The van der Waals surface area contributed by atoms with Gasteiger partial charge in [0, 0.05) is 11.8 Å². The molecule has 3 rings (SSSR count). The van der Waals surface area contributed by atoms with E-state index in [-0.39, 0.29) is 6.10 Å². The second-order valence-corrected chi connectivity index (χ2v) is 5.57. The van der Waals surface area contributed by atoms with Crippen LogP contribution in [0, 0.1) is 0 Å². The van der Waals surface area contributed by atoms with Crippen LogP contribution in [-0.4, -0.2) is 4.98 Å². The standard InChI is InChI=1S/C14H15NOS/c1-9(2)11-8-17-14(15-11)13-7-10-5-3-4-6-12(10)16-13/h3-6,8-9,13H,7H2,1-2H3. The molecule has 1 unspecified atom stereocenters. The molecule has 0 radical (unpaired) electrons. The molecule has 0 amide bonds. The van der Waals surface area contributed by atoms with Crippen molar-refractivity contribution in [2.24, 2.45) is 0 Å². The van der Waals surface area contributed by atoms with Crippen LogP contribution in [0.15, 0.2) is 29.6 Å². The van der Waals surface area contributed by atoms with E-state index < -0.39 is 0 Å². The smallest absolute Gasteiger partial charge is 0.154 e. The number of hydrogen-bond donors (Lipinski definition) is 0. The number of ether oxygens (including phenoxy) is 1. The van der Waals surface area contributed by atoms with Crippen LogP contribution in [0.4, 0.5) is 0 Å². The summed E-state index contributed by atoms with van der Waals surface area (Å²) in [6.07, 6.45) is 1.06. The highest BCUT2D eigenvalue weighted by Gasteiger charge is 2.26. The third-order valence-electron chi connectivity index (χ3n) is 3.05. The normalized spacial score (nSPS) is 18.2. The molecule has 0 spiro atoms. The van der Waals surface area contributed by atoms with Crippen molar-refractivity contribution >= 4 is 11.3 Å². The lowest BCUT2D eigenvalue weighted by atomic mass is 10.1. The lowest BCUT2D eigenvalue weighted by Gasteiger charge is -2.06. The number of hydrogen-bond acceptors (Lipinski definition) is 3. The molecule has 2 aromatic rings. The Morgan fingerprint density at radius 3 is 2.88 bits per heavy atom. The number of fused-ring (bicyclic) bond motifs is 1. The fourth-order valence-corrected chi connectivity index (χ4v) is 3.04. The van der Waals surface area contributed by atoms with E-state index in [1.807, 2.05) is 12.1 Å². The van der Waals surface area contributed by atoms with E-state index in [4.69, 9.17) is 4.74 Å². The van der Waals surface area contributed by atoms with Crippen molar-refractivity contribution in [3.63, 3.8) is 0 Å². The first-order chi connectivity index (χ1) is 8.24. The summed E-state index contributed by atoms with van der Waals surface area (Å²) < 4.78 is 5.93. The summed E-state index contributed by atoms with van der Waals surface area (Å²) in [6.45, 7) is 4.34. The first-order valence-electron chi connectivity index (χ1n) is 5.94. The Hall–Kier alpha value is -1.35. The van der Waals surface area contributed by atoms with E-state index >= 15 is 0 Å². The summed E-state index contributed by atoms with van der Waals surface area (Å²) in [7, 11) is 0. The van der Waals surface area contributed by atoms with Gasteiger partial charge in [-0.3, -0.25) is 0 Å². The van der Waals surface area contributed by atoms with Crippen molar-refractivity contribution in [3.05, 3.63) is 45.9 Å². The molecule has 17 heavy (non-hydrogen) atoms. The van der Waals surface area contributed by atoms with Crippen LogP contribution in [0.3, 0.4) is 0 Å². The van der Waals surface area contributed by atoms with Gasteiger partial charge in [0.2, 0.25) is 0 Å². The Bertz CT molecular complexity index is 508. The van der Waals surface area contributed by atoms with Gasteiger partial charge in [0.05, 0.1) is 5.69 Å². The van der Waals surface area contributed by atoms with Crippen molar-refractivity contribution in [1.82, 2.24) is 4.98 Å². The highest BCUT2D eigenvalue weighted by atomic mass is 32.1. The molecule has 0 fully saturated rings. The second-order valence-electron chi connectivity index (χ2n) is 4.68. The van der Waals surface area contributed by atoms with Crippen molar-refractivity contribution in [3.8, 4) is 5.75 Å². The topological polar surface area (TPSA) is 22.1 Å². The van der Waals surface area contributed by atoms with Gasteiger partial charge >= 0.3 is 0 Å². The van der Waals surface area contributed by atoms with Crippen LogP contribution < -0.4 is 4.74 Å². The highest BCUT2D eigenvalue weighted by Crippen LogP contribution is 2.37. The molecular weight excluding hydrogens is 230 g/mol. The molecule has 0 bridgehead atoms. The molecule has 0 aliphatic carbocycles. The van der Waals surface area contributed by atoms with Crippen LogP contribution in [-0.2, 0) is 6.42 Å². The summed E-state index contributed by atoms with van der Waals surface area (Å²) in [5, 5.41) is 3.25. The molecule has 3 heteroatoms. The van der Waals surface area contributed by atoms with E-state index in [9.17, 15) is 0 Å². The number of aromatic nitrogens is 1. The maximum absolute atomic E-state index is 5.93. The van der Waals surface area contributed by atoms with Gasteiger partial charge in [-0.2, -0.15) is 0 Å². The van der Waals surface area contributed by atoms with Gasteiger partial charge in [0.15, 0.2) is 6.10 Å². The first kappa shape index (κ1) is 10.8. The highest BCUT2D eigenvalue weighted by molar-refractivity contribution is 7.09. The van der Waals surface area contributed by atoms with Gasteiger partial charge in [-0.15, -0.1) is 11.3 Å². The summed E-state index contributed by atoms with van der Waals surface area (Å²) in [4.78, 5) is 4.67. The molecule has 0 saturated carbocycles.